The minimum Gasteiger partial charge on any atom is -0.321 e. The molecule has 4 aromatic rings. The van der Waals surface area contributed by atoms with Crippen molar-refractivity contribution in [1.29, 1.82) is 0 Å². The first-order valence-corrected chi connectivity index (χ1v) is 9.38. The number of carbonyl (C=O) groups excluding carboxylic acids is 1. The van der Waals surface area contributed by atoms with Gasteiger partial charge in [-0.1, -0.05) is 24.3 Å². The van der Waals surface area contributed by atoms with Gasteiger partial charge in [-0.25, -0.2) is 4.98 Å². The Morgan fingerprint density at radius 3 is 3.04 bits per heavy atom. The van der Waals surface area contributed by atoms with Crippen LogP contribution in [-0.4, -0.2) is 41.7 Å². The van der Waals surface area contributed by atoms with E-state index in [4.69, 9.17) is 0 Å². The zero-order valence-corrected chi connectivity index (χ0v) is 15.3. The lowest BCUT2D eigenvalue weighted by molar-refractivity contribution is 0.102. The van der Waals surface area contributed by atoms with Crippen molar-refractivity contribution in [3.8, 4) is 0 Å². The molecule has 0 bridgehead atoms. The second-order valence-electron chi connectivity index (χ2n) is 6.04. The number of carbonyl (C=O) groups is 1. The van der Waals surface area contributed by atoms with Crippen LogP contribution in [0.3, 0.4) is 0 Å². The summed E-state index contributed by atoms with van der Waals surface area (Å²) in [7, 11) is 0. The van der Waals surface area contributed by atoms with Crippen molar-refractivity contribution >= 4 is 29.0 Å². The Balaban J connectivity index is 1.47. The van der Waals surface area contributed by atoms with Gasteiger partial charge in [-0.15, -0.1) is 22.0 Å². The molecule has 0 saturated carbocycles. The molecule has 3 aromatic heterocycles. The molecule has 0 aliphatic heterocycles. The number of amides is 1. The maximum absolute atomic E-state index is 12.7. The lowest BCUT2D eigenvalue weighted by atomic mass is 10.2. The number of fused-ring (bicyclic) bond motifs is 1. The van der Waals surface area contributed by atoms with Gasteiger partial charge in [0, 0.05) is 35.2 Å². The molecule has 1 atom stereocenters. The average molecular weight is 379 g/mol. The summed E-state index contributed by atoms with van der Waals surface area (Å²) in [6.45, 7) is 2.04. The standard InChI is InChI=1S/C18H17N7OS/c1-12(17-21-23-24-22-17)11-27-15-5-3-2-4-14(15)20-18(26)13-6-7-16-19-8-9-25(16)10-13/h2-10,12H,11H2,1H3,(H,20,26)(H,21,22,23,24). The molecule has 8 nitrogen and oxygen atoms in total. The maximum atomic E-state index is 12.7. The zero-order chi connectivity index (χ0) is 18.6. The van der Waals surface area contributed by atoms with Crippen LogP contribution in [0.4, 0.5) is 5.69 Å². The van der Waals surface area contributed by atoms with Gasteiger partial charge < -0.3 is 9.72 Å². The lowest BCUT2D eigenvalue weighted by Crippen LogP contribution is -2.13. The van der Waals surface area contributed by atoms with Crippen molar-refractivity contribution < 1.29 is 4.79 Å². The SMILES string of the molecule is CC(CSc1ccccc1NC(=O)c1ccc2nccn2c1)c1nn[nH]n1. The fraction of sp³-hybridized carbons (Fsp3) is 0.167. The van der Waals surface area contributed by atoms with Crippen LogP contribution in [0.5, 0.6) is 0 Å². The summed E-state index contributed by atoms with van der Waals surface area (Å²) in [5, 5.41) is 17.1. The number of tetrazole rings is 1. The molecule has 4 rings (SSSR count). The number of para-hydroxylation sites is 1. The Morgan fingerprint density at radius 1 is 1.30 bits per heavy atom. The van der Waals surface area contributed by atoms with Crippen LogP contribution in [0.25, 0.3) is 5.65 Å². The zero-order valence-electron chi connectivity index (χ0n) is 14.5. The normalized spacial score (nSPS) is 12.2. The summed E-state index contributed by atoms with van der Waals surface area (Å²) < 4.78 is 1.82. The highest BCUT2D eigenvalue weighted by molar-refractivity contribution is 7.99. The number of H-pyrrole nitrogens is 1. The number of nitrogens with zero attached hydrogens (tertiary/aromatic N) is 5. The molecular formula is C18H17N7OS. The first-order valence-electron chi connectivity index (χ1n) is 8.40. The smallest absolute Gasteiger partial charge is 0.257 e. The second kappa shape index (κ2) is 7.58. The fourth-order valence-corrected chi connectivity index (χ4v) is 3.64. The summed E-state index contributed by atoms with van der Waals surface area (Å²) in [5.74, 6) is 1.43. The highest BCUT2D eigenvalue weighted by Gasteiger charge is 2.14. The van der Waals surface area contributed by atoms with E-state index in [0.717, 1.165) is 22.0 Å². The molecule has 2 N–H and O–H groups in total. The minimum absolute atomic E-state index is 0.140. The third kappa shape index (κ3) is 3.82. The monoisotopic (exact) mass is 379 g/mol. The van der Waals surface area contributed by atoms with Crippen LogP contribution in [-0.2, 0) is 0 Å². The molecule has 0 aliphatic carbocycles. The van der Waals surface area contributed by atoms with Crippen molar-refractivity contribution in [3.63, 3.8) is 0 Å². The molecule has 0 aliphatic rings. The quantitative estimate of drug-likeness (QED) is 0.500. The minimum atomic E-state index is -0.162. The van der Waals surface area contributed by atoms with Gasteiger partial charge in [0.2, 0.25) is 0 Å². The molecule has 3 heterocycles. The molecule has 0 spiro atoms. The van der Waals surface area contributed by atoms with Crippen LogP contribution in [0.2, 0.25) is 0 Å². The van der Waals surface area contributed by atoms with Crippen molar-refractivity contribution in [2.75, 3.05) is 11.1 Å². The number of hydrogen-bond donors (Lipinski definition) is 2. The molecule has 0 radical (unpaired) electrons. The van der Waals surface area contributed by atoms with E-state index in [1.54, 1.807) is 30.2 Å². The second-order valence-corrected chi connectivity index (χ2v) is 7.10. The fourth-order valence-electron chi connectivity index (χ4n) is 2.61. The summed E-state index contributed by atoms with van der Waals surface area (Å²) in [4.78, 5) is 17.9. The molecule has 27 heavy (non-hydrogen) atoms. The predicted molar refractivity (Wildman–Crippen MR) is 103 cm³/mol. The van der Waals surface area contributed by atoms with Crippen LogP contribution >= 0.6 is 11.8 Å². The average Bonchev–Trinajstić information content (AvgIpc) is 3.38. The number of nitrogens with one attached hydrogen (secondary N) is 2. The first kappa shape index (κ1) is 17.2. The largest absolute Gasteiger partial charge is 0.321 e. The summed E-state index contributed by atoms with van der Waals surface area (Å²) in [6.07, 6.45) is 5.29. The number of hydrogen-bond acceptors (Lipinski definition) is 6. The number of imidazole rings is 1. The van der Waals surface area contributed by atoms with Gasteiger partial charge in [-0.2, -0.15) is 5.21 Å². The number of aromatic nitrogens is 6. The van der Waals surface area contributed by atoms with Gasteiger partial charge in [0.25, 0.3) is 5.91 Å². The van der Waals surface area contributed by atoms with Crippen molar-refractivity contribution in [3.05, 3.63) is 66.4 Å². The number of pyridine rings is 1. The van der Waals surface area contributed by atoms with E-state index < -0.39 is 0 Å². The Labute approximate surface area is 159 Å². The molecule has 0 fully saturated rings. The van der Waals surface area contributed by atoms with Crippen LogP contribution in [0.1, 0.15) is 29.0 Å². The predicted octanol–water partition coefficient (Wildman–Crippen LogP) is 3.00. The van der Waals surface area contributed by atoms with Crippen LogP contribution in [0.15, 0.2) is 59.9 Å². The number of benzene rings is 1. The van der Waals surface area contributed by atoms with E-state index in [2.05, 4.69) is 30.9 Å². The van der Waals surface area contributed by atoms with E-state index in [1.807, 2.05) is 47.9 Å². The van der Waals surface area contributed by atoms with E-state index >= 15 is 0 Å². The molecule has 1 aromatic carbocycles. The van der Waals surface area contributed by atoms with Crippen molar-refractivity contribution in [2.24, 2.45) is 0 Å². The molecular weight excluding hydrogens is 362 g/mol. The van der Waals surface area contributed by atoms with E-state index in [-0.39, 0.29) is 11.8 Å². The van der Waals surface area contributed by atoms with E-state index in [9.17, 15) is 4.79 Å². The number of thioether (sulfide) groups is 1. The van der Waals surface area contributed by atoms with Crippen LogP contribution in [0, 0.1) is 0 Å². The van der Waals surface area contributed by atoms with E-state index in [1.165, 1.54) is 0 Å². The Morgan fingerprint density at radius 2 is 2.19 bits per heavy atom. The van der Waals surface area contributed by atoms with Crippen molar-refractivity contribution in [1.82, 2.24) is 30.0 Å². The van der Waals surface area contributed by atoms with Gasteiger partial charge in [-0.3, -0.25) is 4.79 Å². The summed E-state index contributed by atoms with van der Waals surface area (Å²) >= 11 is 1.64. The van der Waals surface area contributed by atoms with Gasteiger partial charge in [0.1, 0.15) is 5.65 Å². The highest BCUT2D eigenvalue weighted by atomic mass is 32.2. The third-order valence-electron chi connectivity index (χ3n) is 4.08. The highest BCUT2D eigenvalue weighted by Crippen LogP contribution is 2.30. The number of aromatic amines is 1. The Kier molecular flexibility index (Phi) is 4.84. The summed E-state index contributed by atoms with van der Waals surface area (Å²) in [5.41, 5.74) is 2.15. The van der Waals surface area contributed by atoms with Gasteiger partial charge in [0.15, 0.2) is 5.82 Å². The topological polar surface area (TPSA) is 101 Å². The first-order chi connectivity index (χ1) is 13.2. The number of rotatable bonds is 6. The van der Waals surface area contributed by atoms with Gasteiger partial charge in [0.05, 0.1) is 11.3 Å². The molecule has 0 saturated heterocycles. The molecule has 1 unspecified atom stereocenters. The summed E-state index contributed by atoms with van der Waals surface area (Å²) in [6, 6.07) is 11.3. The van der Waals surface area contributed by atoms with E-state index in [0.29, 0.717) is 11.4 Å². The van der Waals surface area contributed by atoms with Crippen molar-refractivity contribution in [2.45, 2.75) is 17.7 Å². The Hall–Kier alpha value is -3.20. The lowest BCUT2D eigenvalue weighted by Gasteiger charge is -2.12. The van der Waals surface area contributed by atoms with Gasteiger partial charge >= 0.3 is 0 Å². The number of anilines is 1. The maximum Gasteiger partial charge on any atom is 0.257 e. The molecule has 9 heteroatoms. The third-order valence-corrected chi connectivity index (χ3v) is 5.41. The Bertz CT molecular complexity index is 1060. The molecule has 1 amide bonds. The molecule has 136 valence electrons. The van der Waals surface area contributed by atoms with Crippen LogP contribution < -0.4 is 5.32 Å². The van der Waals surface area contributed by atoms with Gasteiger partial charge in [-0.05, 0) is 24.3 Å².